The standard InChI is InChI=1S/C71H77N5/c1-47(2)18-12-13-21-54-35-37-62-59-36-34-55-44-53(40-42-71(55,4)63(59)41-43-70(54,62)3)48-28-30-50(31-29-48)69(73-68(72)49-19-8-6-9-20-49)74(5)76-66-27-17-15-25-58(66)61-46-52(33-39-67(61)76)51-32-38-65-60(45-51)57-24-14-16-26-64(57)75(65)56-22-10-7-11-23-56/h6-11,14-17,19-20,22-33,38-39,45-47,53-55,59,62-63,72H,12-13,18,21,34-37,40-44H2,1-5H3/t53?,54-,55-,59-,62-,63-,70+,71-/m0/s1. The summed E-state index contributed by atoms with van der Waals surface area (Å²) in [7, 11) is 2.12. The van der Waals surface area contributed by atoms with Crippen molar-refractivity contribution in [1.29, 1.82) is 5.41 Å². The number of unbranched alkanes of at least 4 members (excludes halogenated alkanes) is 1. The number of aromatic nitrogens is 2. The summed E-state index contributed by atoms with van der Waals surface area (Å²) >= 11 is 0. The smallest absolute Gasteiger partial charge is 0.157 e. The zero-order valence-electron chi connectivity index (χ0n) is 45.7. The van der Waals surface area contributed by atoms with Crippen LogP contribution in [-0.2, 0) is 0 Å². The first-order chi connectivity index (χ1) is 37.1. The Morgan fingerprint density at radius 3 is 1.93 bits per heavy atom. The van der Waals surface area contributed by atoms with Crippen LogP contribution < -0.4 is 5.01 Å². The predicted octanol–water partition coefficient (Wildman–Crippen LogP) is 18.6. The lowest BCUT2D eigenvalue weighted by molar-refractivity contribution is -0.114. The van der Waals surface area contributed by atoms with Crippen LogP contribution in [0.3, 0.4) is 0 Å². The number of nitrogens with zero attached hydrogens (tertiary/aromatic N) is 4. The van der Waals surface area contributed by atoms with Crippen molar-refractivity contribution < 1.29 is 0 Å². The molecule has 386 valence electrons. The quantitative estimate of drug-likeness (QED) is 0.0783. The second kappa shape index (κ2) is 19.7. The van der Waals surface area contributed by atoms with Crippen molar-refractivity contribution in [3.8, 4) is 16.8 Å². The lowest BCUT2D eigenvalue weighted by Crippen LogP contribution is -2.53. The van der Waals surface area contributed by atoms with Crippen LogP contribution in [0.15, 0.2) is 175 Å². The summed E-state index contributed by atoms with van der Waals surface area (Å²) in [6.45, 7) is 10.3. The third-order valence-corrected chi connectivity index (χ3v) is 20.6. The molecule has 9 aromatic rings. The lowest BCUT2D eigenvalue weighted by Gasteiger charge is -2.61. The number of rotatable bonds is 11. The van der Waals surface area contributed by atoms with E-state index < -0.39 is 0 Å². The van der Waals surface area contributed by atoms with Crippen LogP contribution in [0.1, 0.15) is 134 Å². The Bertz CT molecular complexity index is 3620. The molecule has 2 aromatic heterocycles. The second-order valence-corrected chi connectivity index (χ2v) is 24.9. The highest BCUT2D eigenvalue weighted by Gasteiger charge is 2.60. The van der Waals surface area contributed by atoms with Crippen LogP contribution in [0.25, 0.3) is 60.4 Å². The molecule has 0 saturated heterocycles. The van der Waals surface area contributed by atoms with Crippen molar-refractivity contribution in [3.63, 3.8) is 0 Å². The van der Waals surface area contributed by atoms with E-state index in [9.17, 15) is 5.41 Å². The Morgan fingerprint density at radius 1 is 0.592 bits per heavy atom. The highest BCUT2D eigenvalue weighted by molar-refractivity contribution is 6.17. The molecule has 4 fully saturated rings. The molecule has 4 saturated carbocycles. The molecule has 0 amide bonds. The zero-order chi connectivity index (χ0) is 51.7. The van der Waals surface area contributed by atoms with Crippen LogP contribution >= 0.6 is 0 Å². The van der Waals surface area contributed by atoms with Crippen molar-refractivity contribution >= 4 is 55.3 Å². The number of benzene rings is 7. The SMILES string of the molecule is CC(C)CCCC[C@H]1CC[C@H]2[C@@H]3CC[C@H]4CC(c5ccc(C(=NC(=N)c6ccccc6)N(C)n6c7ccccc7c7cc(-c8ccc9c(c8)c8ccccc8n9-c8ccccc8)ccc76)cc5)CC[C@]4(C)[C@H]3CC[C@]12C. The largest absolute Gasteiger partial charge is 0.309 e. The molecule has 1 N–H and O–H groups in total. The molecule has 1 unspecified atom stereocenters. The summed E-state index contributed by atoms with van der Waals surface area (Å²) in [4.78, 5) is 5.23. The van der Waals surface area contributed by atoms with Gasteiger partial charge >= 0.3 is 0 Å². The van der Waals surface area contributed by atoms with Crippen molar-refractivity contribution in [2.45, 2.75) is 117 Å². The van der Waals surface area contributed by atoms with Gasteiger partial charge in [0.25, 0.3) is 0 Å². The molecule has 5 nitrogen and oxygen atoms in total. The number of fused-ring (bicyclic) bond motifs is 11. The second-order valence-electron chi connectivity index (χ2n) is 24.9. The third kappa shape index (κ3) is 8.34. The highest BCUT2D eigenvalue weighted by Crippen LogP contribution is 2.68. The van der Waals surface area contributed by atoms with Crippen LogP contribution in [0.4, 0.5) is 0 Å². The lowest BCUT2D eigenvalue weighted by atomic mass is 9.44. The first kappa shape index (κ1) is 48.9. The molecule has 0 spiro atoms. The monoisotopic (exact) mass is 1000 g/mol. The fourth-order valence-corrected chi connectivity index (χ4v) is 16.6. The van der Waals surface area contributed by atoms with Gasteiger partial charge in [0.15, 0.2) is 11.7 Å². The molecule has 7 aromatic carbocycles. The van der Waals surface area contributed by atoms with E-state index in [1.165, 1.54) is 133 Å². The summed E-state index contributed by atoms with van der Waals surface area (Å²) in [5.74, 6) is 6.95. The number of hydrogen-bond acceptors (Lipinski definition) is 1. The fraction of sp³-hybridized carbons (Fsp3) is 0.380. The first-order valence-electron chi connectivity index (χ1n) is 29.3. The van der Waals surface area contributed by atoms with E-state index in [4.69, 9.17) is 4.99 Å². The van der Waals surface area contributed by atoms with E-state index in [2.05, 4.69) is 189 Å². The van der Waals surface area contributed by atoms with Crippen LogP contribution in [0.5, 0.6) is 0 Å². The Labute approximate surface area is 451 Å². The van der Waals surface area contributed by atoms with Gasteiger partial charge in [-0.3, -0.25) is 15.1 Å². The molecular formula is C71H77N5. The number of hydrogen-bond donors (Lipinski definition) is 1. The van der Waals surface area contributed by atoms with Crippen molar-refractivity contribution in [1.82, 2.24) is 9.24 Å². The minimum Gasteiger partial charge on any atom is -0.309 e. The molecule has 2 heterocycles. The van der Waals surface area contributed by atoms with Crippen molar-refractivity contribution in [2.75, 3.05) is 12.1 Å². The first-order valence-corrected chi connectivity index (χ1v) is 29.3. The summed E-state index contributed by atoms with van der Waals surface area (Å²) in [6, 6.07) is 61.4. The predicted molar refractivity (Wildman–Crippen MR) is 321 cm³/mol. The van der Waals surface area contributed by atoms with Gasteiger partial charge in [-0.05, 0) is 182 Å². The maximum absolute atomic E-state index is 9.39. The van der Waals surface area contributed by atoms with E-state index in [1.807, 2.05) is 30.3 Å². The van der Waals surface area contributed by atoms with E-state index in [0.29, 0.717) is 16.7 Å². The average Bonchev–Trinajstić information content (AvgIpc) is 4.10. The van der Waals surface area contributed by atoms with Gasteiger partial charge in [-0.15, -0.1) is 0 Å². The average molecular weight is 1000 g/mol. The maximum Gasteiger partial charge on any atom is 0.157 e. The molecule has 76 heavy (non-hydrogen) atoms. The van der Waals surface area contributed by atoms with Crippen molar-refractivity contribution in [3.05, 3.63) is 187 Å². The minimum absolute atomic E-state index is 0.249. The van der Waals surface area contributed by atoms with Gasteiger partial charge < -0.3 is 4.57 Å². The van der Waals surface area contributed by atoms with Gasteiger partial charge in [-0.25, -0.2) is 4.99 Å². The van der Waals surface area contributed by atoms with E-state index in [0.717, 1.165) is 69.2 Å². The molecule has 8 atom stereocenters. The Kier molecular flexibility index (Phi) is 12.7. The molecular weight excluding hydrogens is 923 g/mol. The van der Waals surface area contributed by atoms with Gasteiger partial charge in [0.2, 0.25) is 0 Å². The Balaban J connectivity index is 0.789. The summed E-state index contributed by atoms with van der Waals surface area (Å²) in [5, 5.41) is 16.4. The topological polar surface area (TPSA) is 49.3 Å². The number of para-hydroxylation sites is 3. The summed E-state index contributed by atoms with van der Waals surface area (Å²) < 4.78 is 4.69. The van der Waals surface area contributed by atoms with Crippen molar-refractivity contribution in [2.24, 2.45) is 51.3 Å². The van der Waals surface area contributed by atoms with Gasteiger partial charge in [0.05, 0.1) is 22.1 Å². The normalized spacial score (nSPS) is 25.5. The van der Waals surface area contributed by atoms with E-state index in [-0.39, 0.29) is 5.84 Å². The molecule has 0 aliphatic heterocycles. The van der Waals surface area contributed by atoms with Crippen LogP contribution in [-0.4, -0.2) is 28.0 Å². The maximum atomic E-state index is 9.39. The molecule has 4 aliphatic rings. The zero-order valence-corrected chi connectivity index (χ0v) is 45.7. The van der Waals surface area contributed by atoms with Gasteiger partial charge in [-0.2, -0.15) is 0 Å². The number of nitrogens with one attached hydrogen (secondary N) is 1. The van der Waals surface area contributed by atoms with E-state index >= 15 is 0 Å². The Hall–Kier alpha value is -6.72. The molecule has 0 bridgehead atoms. The summed E-state index contributed by atoms with van der Waals surface area (Å²) in [6.07, 6.45) is 18.5. The molecule has 4 aliphatic carbocycles. The number of amidine groups is 2. The molecule has 0 radical (unpaired) electrons. The fourth-order valence-electron chi connectivity index (χ4n) is 16.6. The van der Waals surface area contributed by atoms with E-state index in [1.54, 1.807) is 0 Å². The van der Waals surface area contributed by atoms with Gasteiger partial charge in [0, 0.05) is 45.4 Å². The minimum atomic E-state index is 0.249. The molecule has 13 rings (SSSR count). The van der Waals surface area contributed by atoms with Crippen LogP contribution in [0.2, 0.25) is 0 Å². The molecule has 5 heteroatoms. The Morgan fingerprint density at radius 2 is 1.20 bits per heavy atom. The summed E-state index contributed by atoms with van der Waals surface area (Å²) in [5.41, 5.74) is 12.5. The highest BCUT2D eigenvalue weighted by atomic mass is 15.6. The third-order valence-electron chi connectivity index (χ3n) is 20.6. The van der Waals surface area contributed by atoms with Gasteiger partial charge in [-0.1, -0.05) is 168 Å². The van der Waals surface area contributed by atoms with Gasteiger partial charge in [0.1, 0.15) is 0 Å². The number of aliphatic imine (C=N–C) groups is 1. The van der Waals surface area contributed by atoms with Crippen LogP contribution in [0, 0.1) is 51.7 Å².